The third-order valence-electron chi connectivity index (χ3n) is 3.96. The van der Waals surface area contributed by atoms with Crippen LogP contribution in [0.2, 0.25) is 0 Å². The van der Waals surface area contributed by atoms with Crippen molar-refractivity contribution in [3.63, 3.8) is 0 Å². The molecular formula is C16H25FN2O. The lowest BCUT2D eigenvalue weighted by molar-refractivity contribution is -0.0101. The van der Waals surface area contributed by atoms with Crippen LogP contribution in [-0.2, 0) is 4.74 Å². The molecule has 20 heavy (non-hydrogen) atoms. The van der Waals surface area contributed by atoms with Crippen molar-refractivity contribution in [2.75, 3.05) is 20.2 Å². The molecule has 3 nitrogen and oxygen atoms in total. The SMILES string of the molecule is CC(N)C(c1ccccc1F)N(C)CC1CCCCO1. The lowest BCUT2D eigenvalue weighted by Gasteiger charge is -2.35. The maximum absolute atomic E-state index is 14.0. The summed E-state index contributed by atoms with van der Waals surface area (Å²) in [5.41, 5.74) is 6.76. The molecule has 4 heteroatoms. The highest BCUT2D eigenvalue weighted by Gasteiger charge is 2.26. The number of rotatable bonds is 5. The molecule has 1 saturated heterocycles. The molecule has 112 valence electrons. The highest BCUT2D eigenvalue weighted by atomic mass is 19.1. The summed E-state index contributed by atoms with van der Waals surface area (Å²) in [6.45, 7) is 3.55. The molecule has 1 heterocycles. The summed E-state index contributed by atoms with van der Waals surface area (Å²) in [6, 6.07) is 6.62. The second kappa shape index (κ2) is 7.16. The van der Waals surface area contributed by atoms with Crippen LogP contribution in [0.1, 0.15) is 37.8 Å². The molecule has 3 unspecified atom stereocenters. The van der Waals surface area contributed by atoms with Crippen LogP contribution >= 0.6 is 0 Å². The molecule has 1 aliphatic rings. The van der Waals surface area contributed by atoms with Gasteiger partial charge in [-0.05, 0) is 39.3 Å². The average Bonchev–Trinajstić information content (AvgIpc) is 2.42. The van der Waals surface area contributed by atoms with Crippen molar-refractivity contribution >= 4 is 0 Å². The number of benzene rings is 1. The Bertz CT molecular complexity index is 419. The van der Waals surface area contributed by atoms with Crippen LogP contribution in [0.3, 0.4) is 0 Å². The van der Waals surface area contributed by atoms with Gasteiger partial charge in [0.15, 0.2) is 0 Å². The smallest absolute Gasteiger partial charge is 0.128 e. The standard InChI is InChI=1S/C16H25FN2O/c1-12(18)16(14-8-3-4-9-15(14)17)19(2)11-13-7-5-6-10-20-13/h3-4,8-9,12-13,16H,5-7,10-11,18H2,1-2H3. The molecule has 1 aliphatic heterocycles. The van der Waals surface area contributed by atoms with Crippen LogP contribution in [0.4, 0.5) is 4.39 Å². The number of hydrogen-bond donors (Lipinski definition) is 1. The Morgan fingerprint density at radius 1 is 1.40 bits per heavy atom. The predicted octanol–water partition coefficient (Wildman–Crippen LogP) is 2.71. The molecule has 0 saturated carbocycles. The van der Waals surface area contributed by atoms with Crippen molar-refractivity contribution in [2.24, 2.45) is 5.73 Å². The fraction of sp³-hybridized carbons (Fsp3) is 0.625. The van der Waals surface area contributed by atoms with Gasteiger partial charge in [0.05, 0.1) is 12.1 Å². The molecule has 1 fully saturated rings. The van der Waals surface area contributed by atoms with E-state index in [-0.39, 0.29) is 24.0 Å². The van der Waals surface area contributed by atoms with E-state index in [1.54, 1.807) is 6.07 Å². The van der Waals surface area contributed by atoms with E-state index >= 15 is 0 Å². The Hall–Kier alpha value is -0.970. The van der Waals surface area contributed by atoms with E-state index < -0.39 is 0 Å². The Morgan fingerprint density at radius 3 is 2.75 bits per heavy atom. The number of ether oxygens (including phenoxy) is 1. The first kappa shape index (κ1) is 15.4. The number of nitrogens with zero attached hydrogens (tertiary/aromatic N) is 1. The summed E-state index contributed by atoms with van der Waals surface area (Å²) >= 11 is 0. The summed E-state index contributed by atoms with van der Waals surface area (Å²) in [5.74, 6) is -0.189. The van der Waals surface area contributed by atoms with Crippen molar-refractivity contribution in [1.29, 1.82) is 0 Å². The fourth-order valence-corrected chi connectivity index (χ4v) is 3.02. The van der Waals surface area contributed by atoms with Crippen molar-refractivity contribution in [3.8, 4) is 0 Å². The summed E-state index contributed by atoms with van der Waals surface area (Å²) in [6.07, 6.45) is 3.67. The van der Waals surface area contributed by atoms with Crippen molar-refractivity contribution in [3.05, 3.63) is 35.6 Å². The fourth-order valence-electron chi connectivity index (χ4n) is 3.02. The zero-order valence-corrected chi connectivity index (χ0v) is 12.4. The van der Waals surface area contributed by atoms with Gasteiger partial charge in [-0.1, -0.05) is 18.2 Å². The highest BCUT2D eigenvalue weighted by Crippen LogP contribution is 2.26. The van der Waals surface area contributed by atoms with Gasteiger partial charge in [-0.25, -0.2) is 4.39 Å². The first-order valence-corrected chi connectivity index (χ1v) is 7.41. The zero-order valence-electron chi connectivity index (χ0n) is 12.4. The summed E-state index contributed by atoms with van der Waals surface area (Å²) in [7, 11) is 2.00. The molecule has 2 rings (SSSR count). The van der Waals surface area contributed by atoms with E-state index in [2.05, 4.69) is 4.90 Å². The lowest BCUT2D eigenvalue weighted by atomic mass is 9.98. The zero-order chi connectivity index (χ0) is 14.5. The number of nitrogens with two attached hydrogens (primary N) is 1. The third kappa shape index (κ3) is 3.78. The van der Waals surface area contributed by atoms with Crippen LogP contribution in [0.15, 0.2) is 24.3 Å². The van der Waals surface area contributed by atoms with Crippen molar-refractivity contribution < 1.29 is 9.13 Å². The van der Waals surface area contributed by atoms with E-state index in [4.69, 9.17) is 10.5 Å². The van der Waals surface area contributed by atoms with E-state index in [9.17, 15) is 4.39 Å². The maximum atomic E-state index is 14.0. The quantitative estimate of drug-likeness (QED) is 0.901. The van der Waals surface area contributed by atoms with E-state index in [1.165, 1.54) is 12.5 Å². The minimum atomic E-state index is -0.189. The van der Waals surface area contributed by atoms with Crippen LogP contribution in [0.25, 0.3) is 0 Å². The lowest BCUT2D eigenvalue weighted by Crippen LogP contribution is -2.42. The molecule has 0 amide bonds. The Morgan fingerprint density at radius 2 is 2.15 bits per heavy atom. The highest BCUT2D eigenvalue weighted by molar-refractivity contribution is 5.22. The minimum absolute atomic E-state index is 0.123. The molecule has 1 aromatic rings. The number of halogens is 1. The van der Waals surface area contributed by atoms with Gasteiger partial charge in [0.2, 0.25) is 0 Å². The second-order valence-corrected chi connectivity index (χ2v) is 5.75. The van der Waals surface area contributed by atoms with E-state index in [1.807, 2.05) is 26.1 Å². The van der Waals surface area contributed by atoms with Crippen molar-refractivity contribution in [1.82, 2.24) is 4.90 Å². The van der Waals surface area contributed by atoms with Gasteiger partial charge < -0.3 is 10.5 Å². The van der Waals surface area contributed by atoms with E-state index in [0.29, 0.717) is 5.56 Å². The van der Waals surface area contributed by atoms with Gasteiger partial charge in [-0.2, -0.15) is 0 Å². The molecule has 0 spiro atoms. The normalized spacial score (nSPS) is 22.8. The maximum Gasteiger partial charge on any atom is 0.128 e. The molecule has 0 aliphatic carbocycles. The largest absolute Gasteiger partial charge is 0.377 e. The molecular weight excluding hydrogens is 255 g/mol. The number of likely N-dealkylation sites (N-methyl/N-ethyl adjacent to an activating group) is 1. The van der Waals surface area contributed by atoms with Gasteiger partial charge in [0.1, 0.15) is 5.82 Å². The second-order valence-electron chi connectivity index (χ2n) is 5.75. The average molecular weight is 280 g/mol. The summed E-state index contributed by atoms with van der Waals surface area (Å²) < 4.78 is 19.8. The van der Waals surface area contributed by atoms with Crippen LogP contribution < -0.4 is 5.73 Å². The Labute approximate surface area is 120 Å². The Kier molecular flexibility index (Phi) is 5.52. The molecule has 3 atom stereocenters. The Balaban J connectivity index is 2.09. The third-order valence-corrected chi connectivity index (χ3v) is 3.96. The molecule has 0 radical (unpaired) electrons. The molecule has 2 N–H and O–H groups in total. The minimum Gasteiger partial charge on any atom is -0.377 e. The summed E-state index contributed by atoms with van der Waals surface area (Å²) in [4.78, 5) is 2.12. The van der Waals surface area contributed by atoms with Gasteiger partial charge in [-0.15, -0.1) is 0 Å². The first-order chi connectivity index (χ1) is 9.59. The van der Waals surface area contributed by atoms with Gasteiger partial charge >= 0.3 is 0 Å². The molecule has 0 aromatic heterocycles. The molecule has 0 bridgehead atoms. The summed E-state index contributed by atoms with van der Waals surface area (Å²) in [5, 5.41) is 0. The molecule has 1 aromatic carbocycles. The predicted molar refractivity (Wildman–Crippen MR) is 79.0 cm³/mol. The topological polar surface area (TPSA) is 38.5 Å². The first-order valence-electron chi connectivity index (χ1n) is 7.41. The monoisotopic (exact) mass is 280 g/mol. The van der Waals surface area contributed by atoms with Crippen LogP contribution in [-0.4, -0.2) is 37.2 Å². The number of hydrogen-bond acceptors (Lipinski definition) is 3. The van der Waals surface area contributed by atoms with E-state index in [0.717, 1.165) is 26.0 Å². The van der Waals surface area contributed by atoms with Gasteiger partial charge in [0.25, 0.3) is 0 Å². The van der Waals surface area contributed by atoms with Crippen molar-refractivity contribution in [2.45, 2.75) is 44.4 Å². The van der Waals surface area contributed by atoms with Gasteiger partial charge in [0, 0.05) is 24.8 Å². The van der Waals surface area contributed by atoms with Gasteiger partial charge in [-0.3, -0.25) is 4.90 Å². The van der Waals surface area contributed by atoms with Crippen LogP contribution in [0.5, 0.6) is 0 Å². The van der Waals surface area contributed by atoms with Crippen LogP contribution in [0, 0.1) is 5.82 Å².